The zero-order chi connectivity index (χ0) is 9.78. The summed E-state index contributed by atoms with van der Waals surface area (Å²) >= 11 is 7.04. The lowest BCUT2D eigenvalue weighted by Gasteiger charge is -2.30. The van der Waals surface area contributed by atoms with Crippen LogP contribution in [0.25, 0.3) is 0 Å². The number of hydrogen-bond acceptors (Lipinski definition) is 0. The van der Waals surface area contributed by atoms with Crippen molar-refractivity contribution in [3.8, 4) is 0 Å². The van der Waals surface area contributed by atoms with Crippen molar-refractivity contribution in [1.82, 2.24) is 0 Å². The molecule has 0 heterocycles. The zero-order valence-corrected chi connectivity index (χ0v) is 11.1. The van der Waals surface area contributed by atoms with Crippen LogP contribution >= 0.6 is 31.9 Å². The van der Waals surface area contributed by atoms with Crippen molar-refractivity contribution in [1.29, 1.82) is 0 Å². The van der Waals surface area contributed by atoms with Crippen LogP contribution in [-0.2, 0) is 5.11 Å². The third-order valence-electron chi connectivity index (χ3n) is 2.10. The smallest absolute Gasteiger partial charge is 0.0983 e. The third kappa shape index (κ3) is 3.75. The summed E-state index contributed by atoms with van der Waals surface area (Å²) in [6.45, 7) is 6.21. The molecule has 0 amide bonds. The van der Waals surface area contributed by atoms with Gasteiger partial charge in [0.1, 0.15) is 0 Å². The van der Waals surface area contributed by atoms with Gasteiger partial charge in [-0.3, -0.25) is 0 Å². The molecule has 0 aromatic rings. The number of halogens is 2. The van der Waals surface area contributed by atoms with Gasteiger partial charge in [-0.15, -0.1) is 0 Å². The lowest BCUT2D eigenvalue weighted by Crippen LogP contribution is -2.36. The molecule has 0 spiro atoms. The fraction of sp³-hybridized carbons (Fsp3) is 1.00. The minimum absolute atomic E-state index is 0.0863. The van der Waals surface area contributed by atoms with E-state index < -0.39 is 0 Å². The molecular formula is C9H17Br2O. The van der Waals surface area contributed by atoms with Crippen molar-refractivity contribution in [2.75, 3.05) is 6.61 Å². The highest BCUT2D eigenvalue weighted by atomic mass is 79.9. The van der Waals surface area contributed by atoms with Crippen molar-refractivity contribution in [2.24, 2.45) is 5.92 Å². The number of rotatable bonds is 5. The maximum absolute atomic E-state index is 10.8. The molecule has 0 saturated heterocycles. The summed E-state index contributed by atoms with van der Waals surface area (Å²) in [6.07, 6.45) is 2.34. The molecule has 12 heavy (non-hydrogen) atoms. The van der Waals surface area contributed by atoms with Gasteiger partial charge in [-0.05, 0) is 19.3 Å². The van der Waals surface area contributed by atoms with E-state index in [0.717, 1.165) is 6.42 Å². The molecule has 1 radical (unpaired) electrons. The monoisotopic (exact) mass is 299 g/mol. The van der Waals surface area contributed by atoms with Gasteiger partial charge in [0, 0.05) is 4.83 Å². The van der Waals surface area contributed by atoms with Gasteiger partial charge in [-0.25, -0.2) is 5.11 Å². The molecule has 73 valence electrons. The maximum atomic E-state index is 10.8. The molecule has 0 aromatic heterocycles. The fourth-order valence-electron chi connectivity index (χ4n) is 1.27. The predicted octanol–water partition coefficient (Wildman–Crippen LogP) is 3.77. The first-order chi connectivity index (χ1) is 5.45. The van der Waals surface area contributed by atoms with Crippen molar-refractivity contribution < 1.29 is 5.11 Å². The molecular weight excluding hydrogens is 284 g/mol. The van der Waals surface area contributed by atoms with E-state index in [1.807, 2.05) is 6.92 Å². The molecule has 0 rings (SSSR count). The summed E-state index contributed by atoms with van der Waals surface area (Å²) in [6, 6.07) is 0. The van der Waals surface area contributed by atoms with Gasteiger partial charge >= 0.3 is 0 Å². The summed E-state index contributed by atoms with van der Waals surface area (Å²) < 4.78 is -0.304. The third-order valence-corrected chi connectivity index (χ3v) is 5.35. The van der Waals surface area contributed by atoms with Gasteiger partial charge < -0.3 is 0 Å². The van der Waals surface area contributed by atoms with Crippen LogP contribution in [0.5, 0.6) is 0 Å². The summed E-state index contributed by atoms with van der Waals surface area (Å²) in [5.74, 6) is 0.549. The highest BCUT2D eigenvalue weighted by molar-refractivity contribution is 9.12. The average molecular weight is 301 g/mol. The van der Waals surface area contributed by atoms with Crippen LogP contribution in [0.4, 0.5) is 0 Å². The molecule has 1 nitrogen and oxygen atoms in total. The van der Waals surface area contributed by atoms with Gasteiger partial charge in [0.2, 0.25) is 0 Å². The van der Waals surface area contributed by atoms with Crippen LogP contribution < -0.4 is 0 Å². The Morgan fingerprint density at radius 3 is 2.33 bits per heavy atom. The minimum Gasteiger partial charge on any atom is -0.235 e. The second-order valence-electron chi connectivity index (χ2n) is 3.59. The van der Waals surface area contributed by atoms with E-state index in [1.54, 1.807) is 0 Å². The van der Waals surface area contributed by atoms with Crippen LogP contribution in [0.15, 0.2) is 0 Å². The molecule has 3 unspecified atom stereocenters. The quantitative estimate of drug-likeness (QED) is 0.689. The molecule has 0 aliphatic rings. The average Bonchev–Trinajstić information content (AvgIpc) is 2.03. The lowest BCUT2D eigenvalue weighted by molar-refractivity contribution is 0.160. The molecule has 0 bridgehead atoms. The second kappa shape index (κ2) is 5.61. The first-order valence-corrected chi connectivity index (χ1v) is 6.07. The van der Waals surface area contributed by atoms with E-state index in [0.29, 0.717) is 5.92 Å². The highest BCUT2D eigenvalue weighted by Crippen LogP contribution is 2.34. The Labute approximate surface area is 92.2 Å². The first-order valence-electron chi connectivity index (χ1n) is 4.36. The number of alkyl halides is 2. The lowest BCUT2D eigenvalue weighted by atomic mass is 9.94. The molecule has 0 aliphatic heterocycles. The van der Waals surface area contributed by atoms with E-state index in [-0.39, 0.29) is 15.8 Å². The summed E-state index contributed by atoms with van der Waals surface area (Å²) in [4.78, 5) is 0.266. The Morgan fingerprint density at radius 2 is 2.00 bits per heavy atom. The van der Waals surface area contributed by atoms with Gasteiger partial charge in [0.25, 0.3) is 0 Å². The van der Waals surface area contributed by atoms with E-state index >= 15 is 0 Å². The van der Waals surface area contributed by atoms with Gasteiger partial charge in [0.05, 0.1) is 10.9 Å². The normalized spacial score (nSPS) is 21.5. The molecule has 3 heteroatoms. The zero-order valence-electron chi connectivity index (χ0n) is 7.94. The van der Waals surface area contributed by atoms with Gasteiger partial charge in [-0.2, -0.15) is 0 Å². The summed E-state index contributed by atoms with van der Waals surface area (Å²) in [5, 5.41) is 10.8. The Morgan fingerprint density at radius 1 is 1.50 bits per heavy atom. The van der Waals surface area contributed by atoms with Crippen LogP contribution in [-0.4, -0.2) is 15.8 Å². The molecule has 0 N–H and O–H groups in total. The van der Waals surface area contributed by atoms with Crippen molar-refractivity contribution in [3.63, 3.8) is 0 Å². The Bertz CT molecular complexity index is 126. The van der Waals surface area contributed by atoms with Gasteiger partial charge in [0.15, 0.2) is 0 Å². The standard InChI is InChI=1S/C9H17Br2O/c1-4-5-7(2)8(10)9(3,11)6-12/h7-8H,4-6H2,1-3H3. The van der Waals surface area contributed by atoms with E-state index in [1.165, 1.54) is 6.42 Å². The minimum atomic E-state index is -0.304. The van der Waals surface area contributed by atoms with E-state index in [2.05, 4.69) is 45.7 Å². The first kappa shape index (κ1) is 12.9. The summed E-state index contributed by atoms with van der Waals surface area (Å²) in [5.41, 5.74) is 0. The van der Waals surface area contributed by atoms with Crippen molar-refractivity contribution in [2.45, 2.75) is 42.8 Å². The topological polar surface area (TPSA) is 19.9 Å². The predicted molar refractivity (Wildman–Crippen MR) is 59.7 cm³/mol. The number of hydrogen-bond donors (Lipinski definition) is 0. The molecule has 0 aliphatic carbocycles. The van der Waals surface area contributed by atoms with E-state index in [9.17, 15) is 5.11 Å². The van der Waals surface area contributed by atoms with Crippen LogP contribution in [0.1, 0.15) is 33.6 Å². The fourth-order valence-corrected chi connectivity index (χ4v) is 2.12. The Balaban J connectivity index is 4.07. The molecule has 0 saturated carbocycles. The largest absolute Gasteiger partial charge is 0.235 e. The maximum Gasteiger partial charge on any atom is 0.0983 e. The van der Waals surface area contributed by atoms with Crippen molar-refractivity contribution >= 4 is 31.9 Å². The molecule has 3 atom stereocenters. The SMILES string of the molecule is CCCC(C)C(Br)C(C)(Br)C[O]. The van der Waals surface area contributed by atoms with Crippen LogP contribution in [0.2, 0.25) is 0 Å². The van der Waals surface area contributed by atoms with E-state index in [4.69, 9.17) is 0 Å². The summed E-state index contributed by atoms with van der Waals surface area (Å²) in [7, 11) is 0. The Hall–Kier alpha value is 0.920. The molecule has 0 aromatic carbocycles. The van der Waals surface area contributed by atoms with Crippen LogP contribution in [0.3, 0.4) is 0 Å². The Kier molecular flexibility index (Phi) is 6.04. The van der Waals surface area contributed by atoms with Gasteiger partial charge in [-0.1, -0.05) is 52.1 Å². The van der Waals surface area contributed by atoms with Crippen LogP contribution in [0, 0.1) is 5.92 Å². The van der Waals surface area contributed by atoms with Crippen molar-refractivity contribution in [3.05, 3.63) is 0 Å². The molecule has 0 fully saturated rings. The second-order valence-corrected chi connectivity index (χ2v) is 6.39. The highest BCUT2D eigenvalue weighted by Gasteiger charge is 2.32.